The highest BCUT2D eigenvalue weighted by Crippen LogP contribution is 2.17. The SMILES string of the molecule is COc1ccc(CNC(=O)c2c(C)ccn(C(C)CN(C)C)c2=O)cc1F. The standard InChI is InChI=1S/C20H26FN3O3/c1-13-8-9-24(14(2)12-23(3)4)20(26)18(13)19(25)22-11-15-6-7-17(27-5)16(21)10-15/h6-10,14H,11-12H2,1-5H3,(H,22,25). The van der Waals surface area contributed by atoms with Gasteiger partial charge in [-0.15, -0.1) is 0 Å². The lowest BCUT2D eigenvalue weighted by molar-refractivity contribution is 0.0948. The largest absolute Gasteiger partial charge is 0.494 e. The van der Waals surface area contributed by atoms with Gasteiger partial charge in [-0.05, 0) is 57.3 Å². The predicted octanol–water partition coefficient (Wildman–Crippen LogP) is 2.36. The Kier molecular flexibility index (Phi) is 6.74. The number of ether oxygens (including phenoxy) is 1. The van der Waals surface area contributed by atoms with Crippen LogP contribution in [-0.4, -0.2) is 43.1 Å². The summed E-state index contributed by atoms with van der Waals surface area (Å²) in [5.74, 6) is -0.832. The molecule has 2 aromatic rings. The summed E-state index contributed by atoms with van der Waals surface area (Å²) in [6.07, 6.45) is 1.71. The molecule has 0 aliphatic carbocycles. The zero-order chi connectivity index (χ0) is 20.1. The maximum Gasteiger partial charge on any atom is 0.263 e. The number of methoxy groups -OCH3 is 1. The Morgan fingerprint density at radius 3 is 2.63 bits per heavy atom. The number of nitrogens with zero attached hydrogens (tertiary/aromatic N) is 2. The third-order valence-corrected chi connectivity index (χ3v) is 4.33. The van der Waals surface area contributed by atoms with Gasteiger partial charge in [0.2, 0.25) is 0 Å². The van der Waals surface area contributed by atoms with E-state index in [1.54, 1.807) is 29.8 Å². The molecular weight excluding hydrogens is 349 g/mol. The Bertz CT molecular complexity index is 877. The van der Waals surface area contributed by atoms with Gasteiger partial charge in [0.25, 0.3) is 11.5 Å². The van der Waals surface area contributed by atoms with E-state index in [-0.39, 0.29) is 29.5 Å². The molecule has 1 atom stereocenters. The Balaban J connectivity index is 2.20. The number of nitrogens with one attached hydrogen (secondary N) is 1. The zero-order valence-electron chi connectivity index (χ0n) is 16.4. The second-order valence-corrected chi connectivity index (χ2v) is 6.85. The van der Waals surface area contributed by atoms with E-state index in [2.05, 4.69) is 5.32 Å². The molecule has 0 spiro atoms. The zero-order valence-corrected chi connectivity index (χ0v) is 16.4. The van der Waals surface area contributed by atoms with Crippen LogP contribution in [0.5, 0.6) is 5.75 Å². The maximum absolute atomic E-state index is 13.8. The number of hydrogen-bond acceptors (Lipinski definition) is 4. The van der Waals surface area contributed by atoms with Gasteiger partial charge < -0.3 is 19.5 Å². The summed E-state index contributed by atoms with van der Waals surface area (Å²) in [4.78, 5) is 27.4. The molecular formula is C20H26FN3O3. The first-order valence-electron chi connectivity index (χ1n) is 8.71. The van der Waals surface area contributed by atoms with E-state index in [0.29, 0.717) is 17.7 Å². The molecule has 0 saturated heterocycles. The quantitative estimate of drug-likeness (QED) is 0.807. The fraction of sp³-hybridized carbons (Fsp3) is 0.400. The number of aryl methyl sites for hydroxylation is 1. The monoisotopic (exact) mass is 375 g/mol. The van der Waals surface area contributed by atoms with E-state index in [1.165, 1.54) is 19.2 Å². The van der Waals surface area contributed by atoms with Crippen LogP contribution in [0.2, 0.25) is 0 Å². The molecule has 27 heavy (non-hydrogen) atoms. The van der Waals surface area contributed by atoms with E-state index < -0.39 is 11.7 Å². The molecule has 146 valence electrons. The molecule has 1 aromatic carbocycles. The van der Waals surface area contributed by atoms with Crippen molar-refractivity contribution in [2.75, 3.05) is 27.7 Å². The number of carbonyl (C=O) groups is 1. The van der Waals surface area contributed by atoms with Crippen LogP contribution in [0.3, 0.4) is 0 Å². The topological polar surface area (TPSA) is 63.6 Å². The number of aromatic nitrogens is 1. The van der Waals surface area contributed by atoms with Crippen molar-refractivity contribution in [3.63, 3.8) is 0 Å². The van der Waals surface area contributed by atoms with Gasteiger partial charge in [0.15, 0.2) is 11.6 Å². The van der Waals surface area contributed by atoms with Gasteiger partial charge in [-0.3, -0.25) is 9.59 Å². The third kappa shape index (κ3) is 4.95. The Labute approximate surface area is 158 Å². The van der Waals surface area contributed by atoms with Gasteiger partial charge in [-0.1, -0.05) is 6.07 Å². The number of hydrogen-bond donors (Lipinski definition) is 1. The first-order valence-corrected chi connectivity index (χ1v) is 8.71. The highest BCUT2D eigenvalue weighted by Gasteiger charge is 2.18. The number of rotatable bonds is 7. The number of benzene rings is 1. The van der Waals surface area contributed by atoms with Gasteiger partial charge in [0.1, 0.15) is 5.56 Å². The van der Waals surface area contributed by atoms with Crippen molar-refractivity contribution in [2.24, 2.45) is 0 Å². The molecule has 0 bridgehead atoms. The van der Waals surface area contributed by atoms with Crippen molar-refractivity contribution in [1.82, 2.24) is 14.8 Å². The molecule has 0 radical (unpaired) electrons. The Morgan fingerprint density at radius 2 is 2.04 bits per heavy atom. The molecule has 2 rings (SSSR count). The molecule has 1 N–H and O–H groups in total. The highest BCUT2D eigenvalue weighted by atomic mass is 19.1. The molecule has 6 nitrogen and oxygen atoms in total. The van der Waals surface area contributed by atoms with Crippen molar-refractivity contribution in [3.8, 4) is 5.75 Å². The van der Waals surface area contributed by atoms with Gasteiger partial charge >= 0.3 is 0 Å². The van der Waals surface area contributed by atoms with Crippen LogP contribution < -0.4 is 15.6 Å². The van der Waals surface area contributed by atoms with Gasteiger partial charge in [0.05, 0.1) is 7.11 Å². The fourth-order valence-electron chi connectivity index (χ4n) is 2.97. The van der Waals surface area contributed by atoms with Crippen molar-refractivity contribution < 1.29 is 13.9 Å². The summed E-state index contributed by atoms with van der Waals surface area (Å²) in [6.45, 7) is 4.44. The minimum absolute atomic E-state index is 0.0738. The summed E-state index contributed by atoms with van der Waals surface area (Å²) >= 11 is 0. The van der Waals surface area contributed by atoms with Crippen molar-refractivity contribution in [3.05, 3.63) is 63.3 Å². The highest BCUT2D eigenvalue weighted by molar-refractivity contribution is 5.95. The van der Waals surface area contributed by atoms with Crippen LogP contribution in [0.1, 0.15) is 34.5 Å². The number of likely N-dealkylation sites (N-methyl/N-ethyl adjacent to an activating group) is 1. The van der Waals surface area contributed by atoms with E-state index in [9.17, 15) is 14.0 Å². The first kappa shape index (κ1) is 20.6. The van der Waals surface area contributed by atoms with Crippen molar-refractivity contribution >= 4 is 5.91 Å². The van der Waals surface area contributed by atoms with Gasteiger partial charge in [0, 0.05) is 25.3 Å². The molecule has 1 heterocycles. The lowest BCUT2D eigenvalue weighted by Gasteiger charge is -2.20. The van der Waals surface area contributed by atoms with Crippen LogP contribution in [0.25, 0.3) is 0 Å². The number of pyridine rings is 1. The number of halogens is 1. The number of amides is 1. The lowest BCUT2D eigenvalue weighted by atomic mass is 10.1. The van der Waals surface area contributed by atoms with Crippen LogP contribution >= 0.6 is 0 Å². The van der Waals surface area contributed by atoms with Crippen LogP contribution in [0.4, 0.5) is 4.39 Å². The average molecular weight is 375 g/mol. The summed E-state index contributed by atoms with van der Waals surface area (Å²) < 4.78 is 20.2. The third-order valence-electron chi connectivity index (χ3n) is 4.33. The van der Waals surface area contributed by atoms with Crippen molar-refractivity contribution in [2.45, 2.75) is 26.4 Å². The van der Waals surface area contributed by atoms with E-state index in [1.807, 2.05) is 25.9 Å². The fourth-order valence-corrected chi connectivity index (χ4v) is 2.97. The molecule has 1 aromatic heterocycles. The van der Waals surface area contributed by atoms with Crippen molar-refractivity contribution in [1.29, 1.82) is 0 Å². The van der Waals surface area contributed by atoms with E-state index in [4.69, 9.17) is 4.74 Å². The Morgan fingerprint density at radius 1 is 1.33 bits per heavy atom. The van der Waals surface area contributed by atoms with Crippen LogP contribution in [-0.2, 0) is 6.54 Å². The normalized spacial score (nSPS) is 12.1. The summed E-state index contributed by atoms with van der Waals surface area (Å²) in [5.41, 5.74) is 0.961. The minimum Gasteiger partial charge on any atom is -0.494 e. The molecule has 1 unspecified atom stereocenters. The maximum atomic E-state index is 13.8. The smallest absolute Gasteiger partial charge is 0.263 e. The molecule has 0 aliphatic rings. The van der Waals surface area contributed by atoms with Gasteiger partial charge in [-0.2, -0.15) is 0 Å². The second-order valence-electron chi connectivity index (χ2n) is 6.85. The van der Waals surface area contributed by atoms with Crippen LogP contribution in [0.15, 0.2) is 35.3 Å². The summed E-state index contributed by atoms with van der Waals surface area (Å²) in [7, 11) is 5.25. The van der Waals surface area contributed by atoms with Crippen LogP contribution in [0, 0.1) is 12.7 Å². The van der Waals surface area contributed by atoms with E-state index >= 15 is 0 Å². The minimum atomic E-state index is -0.500. The predicted molar refractivity (Wildman–Crippen MR) is 103 cm³/mol. The average Bonchev–Trinajstić information content (AvgIpc) is 2.59. The van der Waals surface area contributed by atoms with E-state index in [0.717, 1.165) is 0 Å². The Hall–Kier alpha value is -2.67. The van der Waals surface area contributed by atoms with Gasteiger partial charge in [-0.25, -0.2) is 4.39 Å². The summed E-state index contributed by atoms with van der Waals surface area (Å²) in [5, 5.41) is 2.70. The molecule has 0 fully saturated rings. The molecule has 1 amide bonds. The molecule has 7 heteroatoms. The molecule has 0 aliphatic heterocycles. The second kappa shape index (κ2) is 8.81. The molecule has 0 saturated carbocycles. The lowest BCUT2D eigenvalue weighted by Crippen LogP contribution is -2.36. The first-order chi connectivity index (χ1) is 12.7. The number of carbonyl (C=O) groups excluding carboxylic acids is 1. The summed E-state index contributed by atoms with van der Waals surface area (Å²) in [6, 6.07) is 6.15.